The zero-order chi connectivity index (χ0) is 17.2. The maximum absolute atomic E-state index is 6.47. The maximum Gasteiger partial charge on any atom is 0.0448 e. The molecule has 0 spiro atoms. The van der Waals surface area contributed by atoms with E-state index in [1.54, 1.807) is 4.99 Å². The molecule has 2 fully saturated rings. The third kappa shape index (κ3) is 3.81. The van der Waals surface area contributed by atoms with Crippen LogP contribution in [0, 0.1) is 11.8 Å². The number of benzene rings is 1. The minimum atomic E-state index is 0.201. The summed E-state index contributed by atoms with van der Waals surface area (Å²) in [5, 5.41) is 7.26. The monoisotopic (exact) mass is 359 g/mol. The number of nitrogens with two attached hydrogens (primary N) is 1. The van der Waals surface area contributed by atoms with Gasteiger partial charge in [0.2, 0.25) is 0 Å². The number of rotatable bonds is 3. The number of hydrogen-bond donors (Lipinski definition) is 3. The van der Waals surface area contributed by atoms with Crippen LogP contribution < -0.4 is 16.4 Å². The molecule has 1 saturated carbocycles. The molecule has 1 unspecified atom stereocenters. The minimum Gasteiger partial charge on any atom is -0.398 e. The summed E-state index contributed by atoms with van der Waals surface area (Å²) < 4.78 is 0. The van der Waals surface area contributed by atoms with Crippen LogP contribution in [0.2, 0.25) is 0 Å². The quantitative estimate of drug-likeness (QED) is 0.566. The van der Waals surface area contributed by atoms with Gasteiger partial charge in [-0.05, 0) is 74.2 Å². The molecule has 0 radical (unpaired) electrons. The van der Waals surface area contributed by atoms with Crippen LogP contribution in [-0.4, -0.2) is 30.4 Å². The first kappa shape index (κ1) is 17.6. The van der Waals surface area contributed by atoms with Gasteiger partial charge >= 0.3 is 0 Å². The summed E-state index contributed by atoms with van der Waals surface area (Å²) in [6.45, 7) is 5.83. The molecule has 3 aliphatic rings. The van der Waals surface area contributed by atoms with Crippen molar-refractivity contribution in [1.29, 1.82) is 0 Å². The lowest BCUT2D eigenvalue weighted by molar-refractivity contribution is 0.342. The van der Waals surface area contributed by atoms with Crippen LogP contribution in [0.4, 0.5) is 5.69 Å². The molecule has 2 aliphatic heterocycles. The molecule has 1 atom stereocenters. The van der Waals surface area contributed by atoms with Crippen LogP contribution in [0.5, 0.6) is 0 Å². The lowest BCUT2D eigenvalue weighted by Crippen LogP contribution is -2.29. The van der Waals surface area contributed by atoms with Crippen LogP contribution in [0.25, 0.3) is 0 Å². The van der Waals surface area contributed by atoms with E-state index < -0.39 is 0 Å². The van der Waals surface area contributed by atoms with E-state index in [-0.39, 0.29) is 10.5 Å². The van der Waals surface area contributed by atoms with E-state index in [2.05, 4.69) is 35.8 Å². The summed E-state index contributed by atoms with van der Waals surface area (Å²) in [5.41, 5.74) is 8.99. The summed E-state index contributed by atoms with van der Waals surface area (Å²) in [5.74, 6) is 3.62. The Morgan fingerprint density at radius 2 is 1.72 bits per heavy atom. The first-order valence-electron chi connectivity index (χ1n) is 10.1. The van der Waals surface area contributed by atoms with Crippen molar-refractivity contribution in [3.05, 3.63) is 23.8 Å². The second kappa shape index (κ2) is 7.81. The minimum absolute atomic E-state index is 0.201. The molecule has 4 N–H and O–H groups in total. The first-order valence-corrected chi connectivity index (χ1v) is 11.5. The van der Waals surface area contributed by atoms with Crippen molar-refractivity contribution in [2.75, 3.05) is 31.1 Å². The Morgan fingerprint density at radius 1 is 0.960 bits per heavy atom. The van der Waals surface area contributed by atoms with Crippen molar-refractivity contribution in [1.82, 2.24) is 10.6 Å². The van der Waals surface area contributed by atoms with E-state index in [0.717, 1.165) is 37.2 Å². The average Bonchev–Trinajstić information content (AvgIpc) is 3.13. The van der Waals surface area contributed by atoms with Gasteiger partial charge in [0.15, 0.2) is 0 Å². The molecule has 1 aromatic carbocycles. The highest BCUT2D eigenvalue weighted by atomic mass is 32.2. The Kier molecular flexibility index (Phi) is 5.49. The summed E-state index contributed by atoms with van der Waals surface area (Å²) in [7, 11) is 0.201. The Hall–Kier alpha value is -0.840. The van der Waals surface area contributed by atoms with Crippen LogP contribution in [0.1, 0.15) is 56.9 Å². The summed E-state index contributed by atoms with van der Waals surface area (Å²) in [4.78, 5) is 3.05. The number of piperidine rings is 1. The highest BCUT2D eigenvalue weighted by Gasteiger charge is 2.27. The zero-order valence-electron chi connectivity index (χ0n) is 15.5. The largest absolute Gasteiger partial charge is 0.398 e. The van der Waals surface area contributed by atoms with Gasteiger partial charge in [0.1, 0.15) is 0 Å². The Balaban J connectivity index is 1.63. The van der Waals surface area contributed by atoms with E-state index in [1.807, 2.05) is 0 Å². The molecular formula is C21H33N3S. The van der Waals surface area contributed by atoms with Crippen molar-refractivity contribution < 1.29 is 0 Å². The second-order valence-corrected chi connectivity index (χ2v) is 10.2. The molecule has 0 bridgehead atoms. The zero-order valence-corrected chi connectivity index (χ0v) is 16.3. The van der Waals surface area contributed by atoms with Crippen molar-refractivity contribution in [2.45, 2.75) is 56.3 Å². The highest BCUT2D eigenvalue weighted by Crippen LogP contribution is 2.41. The third-order valence-electron chi connectivity index (χ3n) is 6.37. The topological polar surface area (TPSA) is 50.1 Å². The lowest BCUT2D eigenvalue weighted by Gasteiger charge is -2.28. The number of nitrogens with one attached hydrogen (secondary N) is 2. The lowest BCUT2D eigenvalue weighted by atomic mass is 9.83. The molecule has 4 heteroatoms. The van der Waals surface area contributed by atoms with Crippen LogP contribution in [0.3, 0.4) is 0 Å². The summed E-state index contributed by atoms with van der Waals surface area (Å²) in [6, 6.07) is 6.93. The molecule has 1 saturated heterocycles. The Bertz CT molecular complexity index is 641. The van der Waals surface area contributed by atoms with Crippen molar-refractivity contribution in [3.63, 3.8) is 0 Å². The van der Waals surface area contributed by atoms with Gasteiger partial charge in [-0.2, -0.15) is 0 Å². The van der Waals surface area contributed by atoms with Gasteiger partial charge in [-0.25, -0.2) is 0 Å². The van der Waals surface area contributed by atoms with Crippen molar-refractivity contribution >= 4 is 21.2 Å². The molecule has 3 nitrogen and oxygen atoms in total. The normalized spacial score (nSPS) is 31.4. The molecule has 1 aromatic rings. The second-order valence-electron chi connectivity index (χ2n) is 8.16. The number of hydrogen-bond acceptors (Lipinski definition) is 3. The third-order valence-corrected chi connectivity index (χ3v) is 8.88. The molecule has 25 heavy (non-hydrogen) atoms. The average molecular weight is 360 g/mol. The number of nitrogen functional groups attached to an aromatic ring is 1. The SMILES string of the molecule is CC1CCC(C2=S(c3cc(C4CCNCC4)ccc3N)CCN2)CC1. The van der Waals surface area contributed by atoms with Gasteiger partial charge in [0.05, 0.1) is 0 Å². The van der Waals surface area contributed by atoms with E-state index in [1.165, 1.54) is 54.7 Å². The summed E-state index contributed by atoms with van der Waals surface area (Å²) in [6.07, 6.45) is 8.01. The van der Waals surface area contributed by atoms with Gasteiger partial charge < -0.3 is 11.1 Å². The van der Waals surface area contributed by atoms with Gasteiger partial charge in [0, 0.05) is 27.9 Å². The van der Waals surface area contributed by atoms with Gasteiger partial charge in [-0.1, -0.05) is 25.8 Å². The molecule has 0 aromatic heterocycles. The number of anilines is 1. The molecule has 1 aliphatic carbocycles. The highest BCUT2D eigenvalue weighted by molar-refractivity contribution is 8.16. The van der Waals surface area contributed by atoms with Crippen LogP contribution in [0.15, 0.2) is 23.1 Å². The fourth-order valence-corrected chi connectivity index (χ4v) is 7.27. The standard InChI is InChI=1S/C21H33N3S/c1-15-2-4-17(5-3-15)21-24-12-13-25(21)20-14-18(6-7-19(20)22)16-8-10-23-11-9-16/h6-7,14-17,23-24H,2-5,8-13,22H2,1H3. The predicted octanol–water partition coefficient (Wildman–Crippen LogP) is 3.92. The van der Waals surface area contributed by atoms with Crippen molar-refractivity contribution in [2.24, 2.45) is 11.8 Å². The van der Waals surface area contributed by atoms with Crippen molar-refractivity contribution in [3.8, 4) is 0 Å². The van der Waals surface area contributed by atoms with Crippen LogP contribution >= 0.6 is 10.5 Å². The van der Waals surface area contributed by atoms with E-state index in [4.69, 9.17) is 5.73 Å². The Morgan fingerprint density at radius 3 is 2.48 bits per heavy atom. The fraction of sp³-hybridized carbons (Fsp3) is 0.667. The molecule has 138 valence electrons. The smallest absolute Gasteiger partial charge is 0.0448 e. The van der Waals surface area contributed by atoms with Gasteiger partial charge in [-0.3, -0.25) is 5.32 Å². The molecule has 4 rings (SSSR count). The fourth-order valence-electron chi connectivity index (χ4n) is 4.74. The maximum atomic E-state index is 6.47. The Labute approximate surface area is 155 Å². The van der Waals surface area contributed by atoms with Gasteiger partial charge in [-0.15, -0.1) is 10.5 Å². The first-order chi connectivity index (χ1) is 12.2. The summed E-state index contributed by atoms with van der Waals surface area (Å²) >= 11 is 0. The van der Waals surface area contributed by atoms with Gasteiger partial charge in [0.25, 0.3) is 0 Å². The van der Waals surface area contributed by atoms with Crippen LogP contribution in [-0.2, 0) is 0 Å². The van der Waals surface area contributed by atoms with E-state index in [0.29, 0.717) is 5.92 Å². The van der Waals surface area contributed by atoms with E-state index >= 15 is 0 Å². The molecule has 2 heterocycles. The molecule has 0 amide bonds. The predicted molar refractivity (Wildman–Crippen MR) is 111 cm³/mol. The van der Waals surface area contributed by atoms with E-state index in [9.17, 15) is 0 Å². The molecular weight excluding hydrogens is 326 g/mol.